The number of carbonyl (C=O) groups excluding carboxylic acids is 2. The Hall–Kier alpha value is -2.04. The first-order chi connectivity index (χ1) is 11.6. The summed E-state index contributed by atoms with van der Waals surface area (Å²) in [6.45, 7) is 9.49. The second kappa shape index (κ2) is 9.44. The van der Waals surface area contributed by atoms with E-state index in [1.165, 1.54) is 0 Å². The third-order valence-corrected chi connectivity index (χ3v) is 4.09. The molecule has 0 aliphatic carbocycles. The number of nitrogens with one attached hydrogen (secondary N) is 1. The lowest BCUT2D eigenvalue weighted by molar-refractivity contribution is -0.132. The maximum absolute atomic E-state index is 12.4. The summed E-state index contributed by atoms with van der Waals surface area (Å²) in [5.41, 5.74) is 1.88. The lowest BCUT2D eigenvalue weighted by atomic mass is 9.96. The van der Waals surface area contributed by atoms with Gasteiger partial charge in [0.15, 0.2) is 0 Å². The number of amides is 2. The van der Waals surface area contributed by atoms with Crippen LogP contribution >= 0.6 is 0 Å². The largest absolute Gasteiger partial charge is 0.378 e. The minimum Gasteiger partial charge on any atom is -0.378 e. The number of rotatable bonds is 8. The molecule has 0 unspecified atom stereocenters. The maximum atomic E-state index is 12.4. The smallest absolute Gasteiger partial charge is 0.225 e. The molecule has 0 heterocycles. The fraction of sp³-hybridized carbons (Fsp3) is 0.600. The molecule has 0 aliphatic rings. The Morgan fingerprint density at radius 2 is 1.68 bits per heavy atom. The van der Waals surface area contributed by atoms with Gasteiger partial charge in [-0.3, -0.25) is 9.59 Å². The zero-order valence-corrected chi connectivity index (χ0v) is 16.6. The van der Waals surface area contributed by atoms with Crippen LogP contribution in [0.4, 0.5) is 5.69 Å². The molecule has 1 N–H and O–H groups in total. The monoisotopic (exact) mass is 347 g/mol. The highest BCUT2D eigenvalue weighted by atomic mass is 16.2. The fourth-order valence-electron chi connectivity index (χ4n) is 2.36. The van der Waals surface area contributed by atoms with E-state index in [0.29, 0.717) is 32.5 Å². The Morgan fingerprint density at radius 1 is 1.08 bits per heavy atom. The molecule has 1 rings (SSSR count). The van der Waals surface area contributed by atoms with Crippen molar-refractivity contribution >= 4 is 17.5 Å². The standard InChI is InChI=1S/C20H33N3O2/c1-7-23(15-16-10-12-17(13-11-16)22(5)6)18(24)9-8-14-21-19(25)20(2,3)4/h10-13H,7-9,14-15H2,1-6H3,(H,21,25). The molecule has 2 amide bonds. The van der Waals surface area contributed by atoms with Crippen LogP contribution in [0.3, 0.4) is 0 Å². The third-order valence-electron chi connectivity index (χ3n) is 4.09. The Balaban J connectivity index is 2.45. The molecular weight excluding hydrogens is 314 g/mol. The number of hydrogen-bond acceptors (Lipinski definition) is 3. The molecule has 0 spiro atoms. The van der Waals surface area contributed by atoms with E-state index in [4.69, 9.17) is 0 Å². The van der Waals surface area contributed by atoms with Crippen LogP contribution in [-0.4, -0.2) is 43.9 Å². The van der Waals surface area contributed by atoms with Crippen LogP contribution in [0.5, 0.6) is 0 Å². The van der Waals surface area contributed by atoms with Crippen LogP contribution in [0.2, 0.25) is 0 Å². The predicted molar refractivity (Wildman–Crippen MR) is 104 cm³/mol. The van der Waals surface area contributed by atoms with Crippen LogP contribution in [-0.2, 0) is 16.1 Å². The number of carbonyl (C=O) groups is 2. The summed E-state index contributed by atoms with van der Waals surface area (Å²) < 4.78 is 0. The summed E-state index contributed by atoms with van der Waals surface area (Å²) in [7, 11) is 4.02. The molecular formula is C20H33N3O2. The lowest BCUT2D eigenvalue weighted by Gasteiger charge is -2.22. The molecule has 0 aliphatic heterocycles. The Labute approximate surface area is 152 Å². The van der Waals surface area contributed by atoms with Crippen LogP contribution in [0.1, 0.15) is 46.1 Å². The van der Waals surface area contributed by atoms with Crippen molar-refractivity contribution in [3.8, 4) is 0 Å². The normalized spacial score (nSPS) is 11.1. The van der Waals surface area contributed by atoms with E-state index in [-0.39, 0.29) is 11.8 Å². The van der Waals surface area contributed by atoms with Crippen molar-refractivity contribution in [2.45, 2.75) is 47.1 Å². The predicted octanol–water partition coefficient (Wildman–Crippen LogP) is 3.04. The van der Waals surface area contributed by atoms with Gasteiger partial charge in [-0.1, -0.05) is 32.9 Å². The number of anilines is 1. The Morgan fingerprint density at radius 3 is 2.16 bits per heavy atom. The summed E-state index contributed by atoms with van der Waals surface area (Å²) in [4.78, 5) is 28.1. The highest BCUT2D eigenvalue weighted by molar-refractivity contribution is 5.81. The zero-order valence-electron chi connectivity index (χ0n) is 16.6. The summed E-state index contributed by atoms with van der Waals surface area (Å²) in [5, 5.41) is 2.89. The molecule has 0 saturated carbocycles. The summed E-state index contributed by atoms with van der Waals surface area (Å²) in [5.74, 6) is 0.150. The number of nitrogens with zero attached hydrogens (tertiary/aromatic N) is 2. The van der Waals surface area contributed by atoms with Gasteiger partial charge in [0.2, 0.25) is 11.8 Å². The fourth-order valence-corrected chi connectivity index (χ4v) is 2.36. The number of hydrogen-bond donors (Lipinski definition) is 1. The van der Waals surface area contributed by atoms with E-state index in [1.807, 2.05) is 46.7 Å². The first kappa shape index (κ1) is 21.0. The SMILES string of the molecule is CCN(Cc1ccc(N(C)C)cc1)C(=O)CCCNC(=O)C(C)(C)C. The van der Waals surface area contributed by atoms with Crippen molar-refractivity contribution in [1.82, 2.24) is 10.2 Å². The molecule has 5 heteroatoms. The van der Waals surface area contributed by atoms with Crippen molar-refractivity contribution in [2.75, 3.05) is 32.1 Å². The maximum Gasteiger partial charge on any atom is 0.225 e. The Kier molecular flexibility index (Phi) is 7.94. The van der Waals surface area contributed by atoms with E-state index < -0.39 is 5.41 Å². The molecule has 140 valence electrons. The van der Waals surface area contributed by atoms with Gasteiger partial charge in [0.25, 0.3) is 0 Å². The topological polar surface area (TPSA) is 52.6 Å². The van der Waals surface area contributed by atoms with Gasteiger partial charge in [-0.15, -0.1) is 0 Å². The minimum atomic E-state index is -0.391. The first-order valence-electron chi connectivity index (χ1n) is 8.97. The number of benzene rings is 1. The van der Waals surface area contributed by atoms with E-state index in [0.717, 1.165) is 11.3 Å². The van der Waals surface area contributed by atoms with Crippen molar-refractivity contribution in [3.05, 3.63) is 29.8 Å². The minimum absolute atomic E-state index is 0.0216. The van der Waals surface area contributed by atoms with Crippen LogP contribution in [0.25, 0.3) is 0 Å². The molecule has 0 aromatic heterocycles. The molecule has 0 saturated heterocycles. The van der Waals surface area contributed by atoms with Gasteiger partial charge >= 0.3 is 0 Å². The van der Waals surface area contributed by atoms with E-state index in [9.17, 15) is 9.59 Å². The lowest BCUT2D eigenvalue weighted by Crippen LogP contribution is -2.36. The third kappa shape index (κ3) is 7.16. The highest BCUT2D eigenvalue weighted by Gasteiger charge is 2.20. The van der Waals surface area contributed by atoms with E-state index in [2.05, 4.69) is 34.5 Å². The van der Waals surface area contributed by atoms with Gasteiger partial charge in [-0.25, -0.2) is 0 Å². The molecule has 25 heavy (non-hydrogen) atoms. The molecule has 0 atom stereocenters. The molecule has 1 aromatic carbocycles. The van der Waals surface area contributed by atoms with Crippen LogP contribution < -0.4 is 10.2 Å². The average molecular weight is 348 g/mol. The highest BCUT2D eigenvalue weighted by Crippen LogP contribution is 2.15. The van der Waals surface area contributed by atoms with Gasteiger partial charge in [0.05, 0.1) is 0 Å². The molecule has 0 bridgehead atoms. The summed E-state index contributed by atoms with van der Waals surface area (Å²) in [6, 6.07) is 8.26. The summed E-state index contributed by atoms with van der Waals surface area (Å²) >= 11 is 0. The second-order valence-electron chi connectivity index (χ2n) is 7.58. The van der Waals surface area contributed by atoms with Gasteiger partial charge in [0, 0.05) is 51.3 Å². The first-order valence-corrected chi connectivity index (χ1v) is 8.97. The average Bonchev–Trinajstić information content (AvgIpc) is 2.55. The Bertz CT molecular complexity index is 559. The summed E-state index contributed by atoms with van der Waals surface area (Å²) in [6.07, 6.45) is 1.12. The van der Waals surface area contributed by atoms with Gasteiger partial charge in [-0.2, -0.15) is 0 Å². The van der Waals surface area contributed by atoms with E-state index in [1.54, 1.807) is 0 Å². The van der Waals surface area contributed by atoms with Gasteiger partial charge < -0.3 is 15.1 Å². The molecule has 0 fully saturated rings. The second-order valence-corrected chi connectivity index (χ2v) is 7.58. The van der Waals surface area contributed by atoms with Gasteiger partial charge in [-0.05, 0) is 31.0 Å². The van der Waals surface area contributed by atoms with Crippen LogP contribution in [0.15, 0.2) is 24.3 Å². The molecule has 1 aromatic rings. The molecule has 0 radical (unpaired) electrons. The van der Waals surface area contributed by atoms with Gasteiger partial charge in [0.1, 0.15) is 0 Å². The van der Waals surface area contributed by atoms with Crippen LogP contribution in [0, 0.1) is 5.41 Å². The van der Waals surface area contributed by atoms with Crippen molar-refractivity contribution in [2.24, 2.45) is 5.41 Å². The molecule has 5 nitrogen and oxygen atoms in total. The van der Waals surface area contributed by atoms with Crippen molar-refractivity contribution in [3.63, 3.8) is 0 Å². The van der Waals surface area contributed by atoms with Crippen molar-refractivity contribution in [1.29, 1.82) is 0 Å². The zero-order chi connectivity index (χ0) is 19.0. The van der Waals surface area contributed by atoms with Crippen molar-refractivity contribution < 1.29 is 9.59 Å². The van der Waals surface area contributed by atoms with E-state index >= 15 is 0 Å². The quantitative estimate of drug-likeness (QED) is 0.736.